The molecule has 1 aliphatic heterocycles. The first kappa shape index (κ1) is 20.8. The third-order valence-electron chi connectivity index (χ3n) is 4.97. The molecule has 0 aromatic heterocycles. The van der Waals surface area contributed by atoms with Crippen LogP contribution in [0.5, 0.6) is 0 Å². The number of benzene rings is 2. The third-order valence-corrected chi connectivity index (χ3v) is 7.20. The fourth-order valence-corrected chi connectivity index (χ4v) is 5.07. The number of amides is 1. The molecule has 0 saturated carbocycles. The first-order valence-electron chi connectivity index (χ1n) is 9.52. The molecule has 1 aliphatic rings. The largest absolute Gasteiger partial charge is 0.350 e. The van der Waals surface area contributed by atoms with Crippen LogP contribution in [0.4, 0.5) is 0 Å². The van der Waals surface area contributed by atoms with E-state index in [1.165, 1.54) is 28.1 Å². The maximum Gasteiger partial charge on any atom is 0.253 e. The van der Waals surface area contributed by atoms with Gasteiger partial charge in [-0.05, 0) is 56.4 Å². The molecule has 0 unspecified atom stereocenters. The minimum atomic E-state index is -3.59. The molecule has 1 N–H and O–H groups in total. The highest BCUT2D eigenvalue weighted by Crippen LogP contribution is 2.25. The summed E-state index contributed by atoms with van der Waals surface area (Å²) in [4.78, 5) is 12.8. The quantitative estimate of drug-likeness (QED) is 0.739. The van der Waals surface area contributed by atoms with Crippen LogP contribution < -0.4 is 5.32 Å². The number of hydrogen-bond acceptors (Lipinski definition) is 3. The standard InChI is InChI=1S/C21H25ClN2O3S/c1-16(9-10-17-7-3-2-4-8-17)23-21(25)19-15-18(11-12-20(19)22)28(26,27)24-13-5-6-14-24/h2-4,7-8,11-12,15-16H,5-6,9-10,13-14H2,1H3,(H,23,25)/t16-/m1/s1. The van der Waals surface area contributed by atoms with Gasteiger partial charge < -0.3 is 5.32 Å². The van der Waals surface area contributed by atoms with Gasteiger partial charge in [0.1, 0.15) is 0 Å². The molecule has 5 nitrogen and oxygen atoms in total. The van der Waals surface area contributed by atoms with Crippen molar-refractivity contribution >= 4 is 27.5 Å². The van der Waals surface area contributed by atoms with Crippen molar-refractivity contribution in [1.29, 1.82) is 0 Å². The second-order valence-corrected chi connectivity index (χ2v) is 9.50. The molecule has 1 fully saturated rings. The van der Waals surface area contributed by atoms with Crippen LogP contribution in [-0.4, -0.2) is 37.8 Å². The number of nitrogens with zero attached hydrogens (tertiary/aromatic N) is 1. The van der Waals surface area contributed by atoms with Gasteiger partial charge in [0.25, 0.3) is 5.91 Å². The van der Waals surface area contributed by atoms with Crippen LogP contribution in [0.3, 0.4) is 0 Å². The van der Waals surface area contributed by atoms with Gasteiger partial charge in [0.2, 0.25) is 10.0 Å². The Labute approximate surface area is 171 Å². The molecule has 0 bridgehead atoms. The minimum Gasteiger partial charge on any atom is -0.350 e. The van der Waals surface area contributed by atoms with E-state index >= 15 is 0 Å². The second kappa shape index (κ2) is 9.07. The van der Waals surface area contributed by atoms with Gasteiger partial charge in [-0.15, -0.1) is 0 Å². The Morgan fingerprint density at radius 2 is 1.82 bits per heavy atom. The van der Waals surface area contributed by atoms with Crippen molar-refractivity contribution in [3.8, 4) is 0 Å². The van der Waals surface area contributed by atoms with Crippen molar-refractivity contribution in [2.24, 2.45) is 0 Å². The van der Waals surface area contributed by atoms with E-state index in [-0.39, 0.29) is 27.4 Å². The first-order chi connectivity index (χ1) is 13.4. The van der Waals surface area contributed by atoms with Gasteiger partial charge in [-0.25, -0.2) is 8.42 Å². The molecule has 0 radical (unpaired) electrons. The SMILES string of the molecule is C[C@H](CCc1ccccc1)NC(=O)c1cc(S(=O)(=O)N2CCCC2)ccc1Cl. The van der Waals surface area contributed by atoms with Gasteiger partial charge in [-0.1, -0.05) is 41.9 Å². The van der Waals surface area contributed by atoms with Gasteiger partial charge in [0, 0.05) is 19.1 Å². The number of halogens is 1. The van der Waals surface area contributed by atoms with Crippen molar-refractivity contribution in [3.63, 3.8) is 0 Å². The van der Waals surface area contributed by atoms with E-state index in [1.807, 2.05) is 25.1 Å². The molecular formula is C21H25ClN2O3S. The Hall–Kier alpha value is -1.89. The molecular weight excluding hydrogens is 396 g/mol. The maximum atomic E-state index is 12.8. The van der Waals surface area contributed by atoms with Gasteiger partial charge in [-0.2, -0.15) is 4.31 Å². The second-order valence-electron chi connectivity index (χ2n) is 7.15. The average molecular weight is 421 g/mol. The summed E-state index contributed by atoms with van der Waals surface area (Å²) < 4.78 is 27.0. The van der Waals surface area contributed by atoms with Crippen molar-refractivity contribution in [1.82, 2.24) is 9.62 Å². The van der Waals surface area contributed by atoms with E-state index in [1.54, 1.807) is 0 Å². The highest BCUT2D eigenvalue weighted by Gasteiger charge is 2.28. The lowest BCUT2D eigenvalue weighted by atomic mass is 10.1. The Morgan fingerprint density at radius 1 is 1.14 bits per heavy atom. The Kier molecular flexibility index (Phi) is 6.75. The highest BCUT2D eigenvalue weighted by atomic mass is 35.5. The van der Waals surface area contributed by atoms with Crippen molar-refractivity contribution in [2.45, 2.75) is 43.5 Å². The topological polar surface area (TPSA) is 66.5 Å². The zero-order chi connectivity index (χ0) is 20.1. The molecule has 7 heteroatoms. The van der Waals surface area contributed by atoms with Gasteiger partial charge in [0.05, 0.1) is 15.5 Å². The molecule has 1 amide bonds. The number of carbonyl (C=O) groups is 1. The predicted molar refractivity (Wildman–Crippen MR) is 111 cm³/mol. The molecule has 150 valence electrons. The number of carbonyl (C=O) groups excluding carboxylic acids is 1. The zero-order valence-corrected chi connectivity index (χ0v) is 17.5. The van der Waals surface area contributed by atoms with Crippen molar-refractivity contribution in [3.05, 3.63) is 64.7 Å². The number of aryl methyl sites for hydroxylation is 1. The fraction of sp³-hybridized carbons (Fsp3) is 0.381. The summed E-state index contributed by atoms with van der Waals surface area (Å²) >= 11 is 6.19. The lowest BCUT2D eigenvalue weighted by Gasteiger charge is -2.18. The van der Waals surface area contributed by atoms with Crippen LogP contribution in [0.25, 0.3) is 0 Å². The van der Waals surface area contributed by atoms with Gasteiger partial charge in [0.15, 0.2) is 0 Å². The summed E-state index contributed by atoms with van der Waals surface area (Å²) in [5, 5.41) is 3.17. The molecule has 1 atom stereocenters. The molecule has 28 heavy (non-hydrogen) atoms. The van der Waals surface area contributed by atoms with Crippen LogP contribution in [0, 0.1) is 0 Å². The summed E-state index contributed by atoms with van der Waals surface area (Å²) in [6, 6.07) is 14.3. The summed E-state index contributed by atoms with van der Waals surface area (Å²) in [6.07, 6.45) is 3.34. The van der Waals surface area contributed by atoms with E-state index < -0.39 is 10.0 Å². The van der Waals surface area contributed by atoms with E-state index in [0.717, 1.165) is 25.7 Å². The fourth-order valence-electron chi connectivity index (χ4n) is 3.32. The molecule has 2 aromatic carbocycles. The molecule has 3 rings (SSSR count). The molecule has 1 heterocycles. The zero-order valence-electron chi connectivity index (χ0n) is 15.9. The molecule has 0 spiro atoms. The summed E-state index contributed by atoms with van der Waals surface area (Å²) in [5.41, 5.74) is 1.40. The van der Waals surface area contributed by atoms with Crippen LogP contribution >= 0.6 is 11.6 Å². The van der Waals surface area contributed by atoms with E-state index in [0.29, 0.717) is 13.1 Å². The Morgan fingerprint density at radius 3 is 2.50 bits per heavy atom. The number of rotatable bonds is 7. The maximum absolute atomic E-state index is 12.8. The number of nitrogens with one attached hydrogen (secondary N) is 1. The number of sulfonamides is 1. The Balaban J connectivity index is 1.69. The Bertz CT molecular complexity index is 926. The summed E-state index contributed by atoms with van der Waals surface area (Å²) in [7, 11) is -3.59. The van der Waals surface area contributed by atoms with Gasteiger partial charge in [-0.3, -0.25) is 4.79 Å². The highest BCUT2D eigenvalue weighted by molar-refractivity contribution is 7.89. The number of hydrogen-bond donors (Lipinski definition) is 1. The van der Waals surface area contributed by atoms with E-state index in [4.69, 9.17) is 11.6 Å². The van der Waals surface area contributed by atoms with Crippen LogP contribution in [0.1, 0.15) is 42.1 Å². The molecule has 2 aromatic rings. The lowest BCUT2D eigenvalue weighted by Crippen LogP contribution is -2.33. The van der Waals surface area contributed by atoms with Crippen LogP contribution in [0.15, 0.2) is 53.4 Å². The summed E-state index contributed by atoms with van der Waals surface area (Å²) in [6.45, 7) is 2.96. The monoisotopic (exact) mass is 420 g/mol. The normalized spacial score (nSPS) is 16.1. The molecule has 0 aliphatic carbocycles. The minimum absolute atomic E-state index is 0.0670. The van der Waals surface area contributed by atoms with E-state index in [2.05, 4.69) is 17.4 Å². The smallest absolute Gasteiger partial charge is 0.253 e. The van der Waals surface area contributed by atoms with Crippen molar-refractivity contribution < 1.29 is 13.2 Å². The van der Waals surface area contributed by atoms with Gasteiger partial charge >= 0.3 is 0 Å². The third kappa shape index (κ3) is 4.93. The average Bonchev–Trinajstić information content (AvgIpc) is 3.23. The van der Waals surface area contributed by atoms with Crippen molar-refractivity contribution in [2.75, 3.05) is 13.1 Å². The lowest BCUT2D eigenvalue weighted by molar-refractivity contribution is 0.0938. The summed E-state index contributed by atoms with van der Waals surface area (Å²) in [5.74, 6) is -0.357. The van der Waals surface area contributed by atoms with Crippen LogP contribution in [0.2, 0.25) is 5.02 Å². The first-order valence-corrected chi connectivity index (χ1v) is 11.3. The van der Waals surface area contributed by atoms with E-state index in [9.17, 15) is 13.2 Å². The van der Waals surface area contributed by atoms with Crippen LogP contribution in [-0.2, 0) is 16.4 Å². The molecule has 1 saturated heterocycles. The predicted octanol–water partition coefficient (Wildman–Crippen LogP) is 3.88.